The topological polar surface area (TPSA) is 62.2 Å². The fraction of sp³-hybridized carbons (Fsp3) is 0. The molecule has 0 unspecified atom stereocenters. The second kappa shape index (κ2) is 5.49. The first-order valence-electron chi connectivity index (χ1n) is 5.19. The minimum Gasteiger partial charge on any atom is -0.503 e. The Bertz CT molecular complexity index is 677. The van der Waals surface area contributed by atoms with Crippen LogP contribution in [0.5, 0.6) is 5.75 Å². The summed E-state index contributed by atoms with van der Waals surface area (Å²) in [6.07, 6.45) is 1.38. The van der Waals surface area contributed by atoms with E-state index in [-0.39, 0.29) is 5.82 Å². The Balaban J connectivity index is 2.32. The van der Waals surface area contributed by atoms with Gasteiger partial charge < -0.3 is 10.4 Å². The Morgan fingerprint density at radius 3 is 2.55 bits per heavy atom. The van der Waals surface area contributed by atoms with E-state index >= 15 is 0 Å². The van der Waals surface area contributed by atoms with Crippen LogP contribution in [0.4, 0.5) is 19.0 Å². The van der Waals surface area contributed by atoms with Gasteiger partial charge >= 0.3 is 0 Å². The van der Waals surface area contributed by atoms with Crippen molar-refractivity contribution in [1.82, 2.24) is 4.98 Å². The predicted octanol–water partition coefficient (Wildman–Crippen LogP) is 3.22. The largest absolute Gasteiger partial charge is 0.503 e. The van der Waals surface area contributed by atoms with Crippen molar-refractivity contribution in [2.24, 2.45) is 0 Å². The molecule has 0 aliphatic heterocycles. The van der Waals surface area contributed by atoms with Crippen LogP contribution in [-0.2, 0) is 0 Å². The molecule has 20 heavy (non-hydrogen) atoms. The first-order chi connectivity index (χ1) is 9.40. The van der Waals surface area contributed by atoms with Gasteiger partial charge in [0, 0.05) is 10.7 Å². The maximum absolute atomic E-state index is 13.5. The number of hydrogen-bond donors (Lipinski definition) is 2. The van der Waals surface area contributed by atoms with Crippen LogP contribution in [0.15, 0.2) is 28.9 Å². The van der Waals surface area contributed by atoms with Crippen LogP contribution in [-0.4, -0.2) is 16.0 Å². The summed E-state index contributed by atoms with van der Waals surface area (Å²) in [6.45, 7) is 0. The number of phenolic OH excluding ortho intramolecular Hbond substituents is 1. The number of aromatic hydroxyl groups is 1. The number of aromatic nitrogens is 1. The lowest BCUT2D eigenvalue weighted by Crippen LogP contribution is -2.15. The quantitative estimate of drug-likeness (QED) is 0.820. The maximum atomic E-state index is 13.5. The molecule has 0 aliphatic rings. The molecule has 0 spiro atoms. The number of phenols is 1. The number of nitrogens with zero attached hydrogens (tertiary/aromatic N) is 1. The number of nitrogens with one attached hydrogen (secondary N) is 1. The number of anilines is 1. The lowest BCUT2D eigenvalue weighted by molar-refractivity contribution is 0.102. The molecule has 0 aliphatic carbocycles. The highest BCUT2D eigenvalue weighted by atomic mass is 79.9. The van der Waals surface area contributed by atoms with Crippen LogP contribution in [0.2, 0.25) is 0 Å². The highest BCUT2D eigenvalue weighted by Gasteiger charge is 2.22. The minimum absolute atomic E-state index is 0.0850. The number of pyridine rings is 1. The standard InChI is InChI=1S/C12H6BrF3N2O2/c13-5-1-2-8(17-4-5)18-12(20)6-3-7(14)10(16)11(19)9(6)15/h1-4,19H,(H,17,18,20). The minimum atomic E-state index is -1.75. The molecule has 2 N–H and O–H groups in total. The summed E-state index contributed by atoms with van der Waals surface area (Å²) in [4.78, 5) is 15.5. The fourth-order valence-corrected chi connectivity index (χ4v) is 1.62. The van der Waals surface area contributed by atoms with E-state index in [0.29, 0.717) is 10.5 Å². The third-order valence-electron chi connectivity index (χ3n) is 2.35. The number of rotatable bonds is 2. The summed E-state index contributed by atoms with van der Waals surface area (Å²) in [7, 11) is 0. The monoisotopic (exact) mass is 346 g/mol. The predicted molar refractivity (Wildman–Crippen MR) is 67.9 cm³/mol. The maximum Gasteiger partial charge on any atom is 0.260 e. The van der Waals surface area contributed by atoms with E-state index in [1.165, 1.54) is 12.3 Å². The molecule has 0 atom stereocenters. The molecule has 4 nitrogen and oxygen atoms in total. The second-order valence-electron chi connectivity index (χ2n) is 3.70. The molecule has 0 radical (unpaired) electrons. The van der Waals surface area contributed by atoms with E-state index in [1.54, 1.807) is 6.07 Å². The molecule has 0 fully saturated rings. The first-order valence-corrected chi connectivity index (χ1v) is 5.99. The molecule has 1 amide bonds. The van der Waals surface area contributed by atoms with Gasteiger partial charge in [-0.15, -0.1) is 0 Å². The molecule has 2 rings (SSSR count). The molecule has 1 aromatic carbocycles. The Labute approximate surface area is 119 Å². The van der Waals surface area contributed by atoms with E-state index in [4.69, 9.17) is 5.11 Å². The zero-order chi connectivity index (χ0) is 14.9. The highest BCUT2D eigenvalue weighted by Crippen LogP contribution is 2.26. The van der Waals surface area contributed by atoms with Gasteiger partial charge in [0.25, 0.3) is 5.91 Å². The van der Waals surface area contributed by atoms with Gasteiger partial charge in [0.05, 0.1) is 5.56 Å². The zero-order valence-corrected chi connectivity index (χ0v) is 11.2. The molecule has 8 heteroatoms. The lowest BCUT2D eigenvalue weighted by Gasteiger charge is -2.07. The average Bonchev–Trinajstić information content (AvgIpc) is 2.43. The number of benzene rings is 1. The lowest BCUT2D eigenvalue weighted by atomic mass is 10.1. The van der Waals surface area contributed by atoms with Gasteiger partial charge in [0.1, 0.15) is 5.82 Å². The Hall–Kier alpha value is -2.09. The number of carbonyl (C=O) groups excluding carboxylic acids is 1. The SMILES string of the molecule is O=C(Nc1ccc(Br)cn1)c1cc(F)c(F)c(O)c1F. The van der Waals surface area contributed by atoms with Crippen molar-refractivity contribution in [3.05, 3.63) is 51.9 Å². The van der Waals surface area contributed by atoms with Gasteiger partial charge in [0.15, 0.2) is 17.4 Å². The summed E-state index contributed by atoms with van der Waals surface area (Å²) < 4.78 is 40.1. The zero-order valence-electron chi connectivity index (χ0n) is 9.62. The van der Waals surface area contributed by atoms with E-state index in [2.05, 4.69) is 26.2 Å². The molecule has 0 bridgehead atoms. The molecular formula is C12H6BrF3N2O2. The van der Waals surface area contributed by atoms with Gasteiger partial charge in [-0.3, -0.25) is 4.79 Å². The van der Waals surface area contributed by atoms with Crippen molar-refractivity contribution < 1.29 is 23.1 Å². The molecule has 1 aromatic heterocycles. The van der Waals surface area contributed by atoms with Crippen LogP contribution in [0.1, 0.15) is 10.4 Å². The van der Waals surface area contributed by atoms with Crippen molar-refractivity contribution in [2.75, 3.05) is 5.32 Å². The Morgan fingerprint density at radius 2 is 1.95 bits per heavy atom. The third-order valence-corrected chi connectivity index (χ3v) is 2.82. The van der Waals surface area contributed by atoms with E-state index in [1.807, 2.05) is 0 Å². The fourth-order valence-electron chi connectivity index (χ4n) is 1.39. The summed E-state index contributed by atoms with van der Waals surface area (Å²) in [6, 6.07) is 3.35. The third kappa shape index (κ3) is 2.74. The molecule has 0 saturated carbocycles. The van der Waals surface area contributed by atoms with E-state index in [9.17, 15) is 18.0 Å². The van der Waals surface area contributed by atoms with Gasteiger partial charge in [0.2, 0.25) is 5.82 Å². The second-order valence-corrected chi connectivity index (χ2v) is 4.61. The highest BCUT2D eigenvalue weighted by molar-refractivity contribution is 9.10. The van der Waals surface area contributed by atoms with Gasteiger partial charge in [-0.2, -0.15) is 4.39 Å². The van der Waals surface area contributed by atoms with Crippen LogP contribution in [0.3, 0.4) is 0 Å². The molecule has 104 valence electrons. The number of carbonyl (C=O) groups is 1. The van der Waals surface area contributed by atoms with E-state index < -0.39 is 34.7 Å². The molecular weight excluding hydrogens is 341 g/mol. The molecule has 2 aromatic rings. The van der Waals surface area contributed by atoms with Crippen LogP contribution in [0.25, 0.3) is 0 Å². The number of halogens is 4. The van der Waals surface area contributed by atoms with Crippen LogP contribution >= 0.6 is 15.9 Å². The van der Waals surface area contributed by atoms with Gasteiger partial charge in [-0.1, -0.05) is 0 Å². The van der Waals surface area contributed by atoms with Crippen LogP contribution < -0.4 is 5.32 Å². The first kappa shape index (κ1) is 14.3. The van der Waals surface area contributed by atoms with Crippen molar-refractivity contribution in [3.63, 3.8) is 0 Å². The number of amides is 1. The Kier molecular flexibility index (Phi) is 3.93. The van der Waals surface area contributed by atoms with Crippen molar-refractivity contribution in [2.45, 2.75) is 0 Å². The normalized spacial score (nSPS) is 10.4. The summed E-state index contributed by atoms with van der Waals surface area (Å²) in [5.41, 5.74) is -0.828. The summed E-state index contributed by atoms with van der Waals surface area (Å²) in [5.74, 6) is -7.34. The van der Waals surface area contributed by atoms with Gasteiger partial charge in [-0.05, 0) is 34.1 Å². The smallest absolute Gasteiger partial charge is 0.260 e. The Morgan fingerprint density at radius 1 is 1.25 bits per heavy atom. The average molecular weight is 347 g/mol. The van der Waals surface area contributed by atoms with E-state index in [0.717, 1.165) is 0 Å². The summed E-state index contributed by atoms with van der Waals surface area (Å²) >= 11 is 3.14. The summed E-state index contributed by atoms with van der Waals surface area (Å²) in [5, 5.41) is 11.2. The van der Waals surface area contributed by atoms with Crippen molar-refractivity contribution in [3.8, 4) is 5.75 Å². The van der Waals surface area contributed by atoms with Crippen LogP contribution in [0, 0.1) is 17.5 Å². The van der Waals surface area contributed by atoms with Gasteiger partial charge in [-0.25, -0.2) is 13.8 Å². The molecule has 0 saturated heterocycles. The number of hydrogen-bond acceptors (Lipinski definition) is 3. The van der Waals surface area contributed by atoms with Crippen molar-refractivity contribution in [1.29, 1.82) is 0 Å². The molecule has 1 heterocycles. The van der Waals surface area contributed by atoms with Crippen molar-refractivity contribution >= 4 is 27.7 Å².